The van der Waals surface area contributed by atoms with Gasteiger partial charge in [-0.1, -0.05) is 13.3 Å². The third kappa shape index (κ3) is 5.97. The Hall–Kier alpha value is -2.57. The Bertz CT molecular complexity index is 720. The number of hydrogen-bond donors (Lipinski definition) is 1. The Morgan fingerprint density at radius 1 is 1.00 bits per heavy atom. The molecule has 1 N–H and O–H groups in total. The highest BCUT2D eigenvalue weighted by Gasteiger charge is 2.31. The van der Waals surface area contributed by atoms with E-state index in [4.69, 9.17) is 4.74 Å². The number of unbranched alkanes of at least 4 members (excludes halogenated alkanes) is 1. The first kappa shape index (κ1) is 22.1. The molecule has 2 heterocycles. The smallest absolute Gasteiger partial charge is 0.251 e. The fourth-order valence-corrected chi connectivity index (χ4v) is 3.98. The number of ether oxygens (including phenoxy) is 1. The van der Waals surface area contributed by atoms with Crippen LogP contribution in [0.5, 0.6) is 5.75 Å². The van der Waals surface area contributed by atoms with Gasteiger partial charge in [-0.2, -0.15) is 0 Å². The third-order valence-corrected chi connectivity index (χ3v) is 5.90. The lowest BCUT2D eigenvalue weighted by molar-refractivity contribution is -0.139. The molecule has 0 bridgehead atoms. The number of benzene rings is 1. The monoisotopic (exact) mass is 415 g/mol. The van der Waals surface area contributed by atoms with Gasteiger partial charge in [-0.25, -0.2) is 0 Å². The molecule has 1 aromatic carbocycles. The summed E-state index contributed by atoms with van der Waals surface area (Å²) < 4.78 is 5.60. The van der Waals surface area contributed by atoms with Gasteiger partial charge in [0.15, 0.2) is 0 Å². The van der Waals surface area contributed by atoms with E-state index in [-0.39, 0.29) is 30.2 Å². The maximum absolute atomic E-state index is 12.5. The van der Waals surface area contributed by atoms with E-state index in [2.05, 4.69) is 12.2 Å². The highest BCUT2D eigenvalue weighted by Crippen LogP contribution is 2.22. The van der Waals surface area contributed by atoms with Crippen molar-refractivity contribution in [3.05, 3.63) is 29.8 Å². The number of carbonyl (C=O) groups excluding carboxylic acids is 3. The quantitative estimate of drug-likeness (QED) is 0.662. The first-order valence-corrected chi connectivity index (χ1v) is 11.2. The minimum absolute atomic E-state index is 0.0276. The van der Waals surface area contributed by atoms with E-state index < -0.39 is 0 Å². The van der Waals surface area contributed by atoms with Crippen molar-refractivity contribution in [1.29, 1.82) is 0 Å². The summed E-state index contributed by atoms with van der Waals surface area (Å²) in [5.41, 5.74) is 0.501. The predicted molar refractivity (Wildman–Crippen MR) is 114 cm³/mol. The van der Waals surface area contributed by atoms with Crippen molar-refractivity contribution >= 4 is 17.7 Å². The van der Waals surface area contributed by atoms with Gasteiger partial charge < -0.3 is 19.9 Å². The summed E-state index contributed by atoms with van der Waals surface area (Å²) in [5, 5.41) is 2.70. The van der Waals surface area contributed by atoms with Crippen molar-refractivity contribution < 1.29 is 19.1 Å². The van der Waals surface area contributed by atoms with E-state index in [0.717, 1.165) is 44.5 Å². The Morgan fingerprint density at radius 3 is 2.30 bits per heavy atom. The number of rotatable bonds is 8. The van der Waals surface area contributed by atoms with Crippen LogP contribution >= 0.6 is 0 Å². The van der Waals surface area contributed by atoms with Crippen LogP contribution in [-0.4, -0.2) is 66.9 Å². The summed E-state index contributed by atoms with van der Waals surface area (Å²) in [6.45, 7) is 5.63. The van der Waals surface area contributed by atoms with Gasteiger partial charge in [0.25, 0.3) is 5.91 Å². The molecular formula is C23H33N3O4. The minimum Gasteiger partial charge on any atom is -0.494 e. The van der Waals surface area contributed by atoms with Crippen LogP contribution in [0.3, 0.4) is 0 Å². The molecule has 7 heteroatoms. The van der Waals surface area contributed by atoms with Crippen LogP contribution in [0, 0.1) is 5.92 Å². The van der Waals surface area contributed by atoms with Gasteiger partial charge >= 0.3 is 0 Å². The molecule has 2 aliphatic heterocycles. The largest absolute Gasteiger partial charge is 0.494 e. The molecule has 0 aliphatic carbocycles. The average Bonchev–Trinajstić information content (AvgIpc) is 3.32. The molecule has 0 saturated carbocycles. The molecule has 1 aromatic rings. The molecule has 2 fully saturated rings. The number of piperidine rings is 1. The number of carbonyl (C=O) groups is 3. The van der Waals surface area contributed by atoms with Crippen LogP contribution < -0.4 is 10.1 Å². The zero-order valence-corrected chi connectivity index (χ0v) is 17.9. The van der Waals surface area contributed by atoms with E-state index in [0.29, 0.717) is 38.1 Å². The fraction of sp³-hybridized carbons (Fsp3) is 0.609. The minimum atomic E-state index is -0.275. The molecule has 0 radical (unpaired) electrons. The lowest BCUT2D eigenvalue weighted by atomic mass is 9.95. The molecule has 0 aromatic heterocycles. The number of hydrogen-bond acceptors (Lipinski definition) is 4. The average molecular weight is 416 g/mol. The van der Waals surface area contributed by atoms with Gasteiger partial charge in [-0.3, -0.25) is 14.4 Å². The molecule has 164 valence electrons. The van der Waals surface area contributed by atoms with Crippen molar-refractivity contribution in [1.82, 2.24) is 15.1 Å². The molecule has 3 amide bonds. The third-order valence-electron chi connectivity index (χ3n) is 5.90. The van der Waals surface area contributed by atoms with Crippen LogP contribution in [0.1, 0.15) is 55.8 Å². The molecule has 3 rings (SSSR count). The van der Waals surface area contributed by atoms with E-state index >= 15 is 0 Å². The lowest BCUT2D eigenvalue weighted by Crippen LogP contribution is -2.46. The van der Waals surface area contributed by atoms with Gasteiger partial charge in [0.1, 0.15) is 5.75 Å². The van der Waals surface area contributed by atoms with Crippen molar-refractivity contribution in [2.75, 3.05) is 39.3 Å². The summed E-state index contributed by atoms with van der Waals surface area (Å²) in [5.74, 6) is 0.634. The standard InChI is InChI=1S/C23H33N3O4/c1-2-3-16-30-20-8-6-18(7-9-20)22(28)24-17-21(27)25-14-10-19(11-15-25)23(29)26-12-4-5-13-26/h6-9,19H,2-5,10-17H2,1H3,(H,24,28). The molecule has 0 atom stereocenters. The van der Waals surface area contributed by atoms with Crippen LogP contribution in [0.2, 0.25) is 0 Å². The second kappa shape index (κ2) is 11.0. The number of likely N-dealkylation sites (tertiary alicyclic amines) is 2. The van der Waals surface area contributed by atoms with Crippen molar-refractivity contribution in [2.45, 2.75) is 45.4 Å². The van der Waals surface area contributed by atoms with Gasteiger partial charge in [0.2, 0.25) is 11.8 Å². The van der Waals surface area contributed by atoms with Gasteiger partial charge in [-0.15, -0.1) is 0 Å². The maximum atomic E-state index is 12.5. The zero-order valence-electron chi connectivity index (χ0n) is 17.9. The van der Waals surface area contributed by atoms with Crippen LogP contribution in [0.15, 0.2) is 24.3 Å². The van der Waals surface area contributed by atoms with E-state index in [9.17, 15) is 14.4 Å². The summed E-state index contributed by atoms with van der Waals surface area (Å²) in [6.07, 6.45) is 5.66. The molecular weight excluding hydrogens is 382 g/mol. The van der Waals surface area contributed by atoms with E-state index in [1.54, 1.807) is 29.2 Å². The fourth-order valence-electron chi connectivity index (χ4n) is 3.98. The molecule has 2 saturated heterocycles. The normalized spacial score (nSPS) is 17.1. The lowest BCUT2D eigenvalue weighted by Gasteiger charge is -2.33. The Morgan fingerprint density at radius 2 is 1.67 bits per heavy atom. The highest BCUT2D eigenvalue weighted by atomic mass is 16.5. The van der Waals surface area contributed by atoms with Crippen LogP contribution in [-0.2, 0) is 9.59 Å². The summed E-state index contributed by atoms with van der Waals surface area (Å²) >= 11 is 0. The molecule has 2 aliphatic rings. The Kier molecular flexibility index (Phi) is 8.11. The zero-order chi connectivity index (χ0) is 21.3. The Labute approximate surface area is 178 Å². The molecule has 7 nitrogen and oxygen atoms in total. The predicted octanol–water partition coefficient (Wildman–Crippen LogP) is 2.46. The topological polar surface area (TPSA) is 79.0 Å². The van der Waals surface area contributed by atoms with E-state index in [1.165, 1.54) is 0 Å². The van der Waals surface area contributed by atoms with Crippen molar-refractivity contribution in [3.63, 3.8) is 0 Å². The molecule has 0 spiro atoms. The number of nitrogens with one attached hydrogen (secondary N) is 1. The molecule has 30 heavy (non-hydrogen) atoms. The Balaban J connectivity index is 1.39. The summed E-state index contributed by atoms with van der Waals surface area (Å²) in [6, 6.07) is 6.95. The van der Waals surface area contributed by atoms with Crippen molar-refractivity contribution in [2.24, 2.45) is 5.92 Å². The van der Waals surface area contributed by atoms with Gasteiger partial charge in [0, 0.05) is 37.7 Å². The molecule has 0 unspecified atom stereocenters. The van der Waals surface area contributed by atoms with Crippen molar-refractivity contribution in [3.8, 4) is 5.75 Å². The first-order chi connectivity index (χ1) is 14.6. The van der Waals surface area contributed by atoms with Crippen LogP contribution in [0.25, 0.3) is 0 Å². The summed E-state index contributed by atoms with van der Waals surface area (Å²) in [4.78, 5) is 41.0. The second-order valence-electron chi connectivity index (χ2n) is 8.10. The van der Waals surface area contributed by atoms with Gasteiger partial charge in [0.05, 0.1) is 13.2 Å². The van der Waals surface area contributed by atoms with Gasteiger partial charge in [-0.05, 0) is 56.4 Å². The maximum Gasteiger partial charge on any atom is 0.251 e. The SMILES string of the molecule is CCCCOc1ccc(C(=O)NCC(=O)N2CCC(C(=O)N3CCCC3)CC2)cc1. The van der Waals surface area contributed by atoms with Crippen LogP contribution in [0.4, 0.5) is 0 Å². The number of nitrogens with zero attached hydrogens (tertiary/aromatic N) is 2. The summed E-state index contributed by atoms with van der Waals surface area (Å²) in [7, 11) is 0. The van der Waals surface area contributed by atoms with E-state index in [1.807, 2.05) is 4.90 Å². The number of amides is 3. The highest BCUT2D eigenvalue weighted by molar-refractivity contribution is 5.96. The second-order valence-corrected chi connectivity index (χ2v) is 8.10. The first-order valence-electron chi connectivity index (χ1n) is 11.2.